The fourth-order valence-electron chi connectivity index (χ4n) is 10.1. The molecule has 9 N–H and O–H groups in total. The molecule has 4 unspecified atom stereocenters. The Balaban J connectivity index is 1.65. The van der Waals surface area contributed by atoms with Crippen molar-refractivity contribution >= 4 is 89.4 Å². The van der Waals surface area contributed by atoms with E-state index < -0.39 is 163 Å². The van der Waals surface area contributed by atoms with Crippen LogP contribution in [-0.2, 0) is 134 Å². The van der Waals surface area contributed by atoms with Crippen molar-refractivity contribution in [1.29, 1.82) is 0 Å². The highest BCUT2D eigenvalue weighted by atomic mass is 16.6. The number of rotatable bonds is 55. The van der Waals surface area contributed by atoms with Crippen molar-refractivity contribution < 1.29 is 115 Å². The third kappa shape index (κ3) is 49.1. The van der Waals surface area contributed by atoms with Crippen molar-refractivity contribution in [1.82, 2.24) is 47.9 Å². The van der Waals surface area contributed by atoms with Gasteiger partial charge in [0.2, 0.25) is 47.3 Å². The molecule has 0 aliphatic carbocycles. The third-order valence-electron chi connectivity index (χ3n) is 15.4. The van der Waals surface area contributed by atoms with E-state index in [4.69, 9.17) is 42.6 Å². The van der Waals surface area contributed by atoms with Crippen LogP contribution in [0.25, 0.3) is 0 Å². The molecule has 33 heteroatoms. The molecule has 0 bridgehead atoms. The van der Waals surface area contributed by atoms with E-state index >= 15 is 0 Å². The van der Waals surface area contributed by atoms with E-state index in [2.05, 4.69) is 47.9 Å². The summed E-state index contributed by atoms with van der Waals surface area (Å²) in [5, 5.41) is 23.9. The minimum absolute atomic E-state index is 0.0257. The van der Waals surface area contributed by atoms with Crippen LogP contribution >= 0.6 is 0 Å². The third-order valence-corrected chi connectivity index (χ3v) is 15.4. The van der Waals surface area contributed by atoms with Gasteiger partial charge in [-0.25, -0.2) is 0 Å². The highest BCUT2D eigenvalue weighted by Crippen LogP contribution is 2.15. The number of amides is 8. The molecule has 0 aliphatic rings. The van der Waals surface area contributed by atoms with E-state index in [9.17, 15) is 71.9 Å². The number of ether oxygens (including phenoxy) is 9. The average Bonchev–Trinajstić information content (AvgIpc) is 0.895. The summed E-state index contributed by atoms with van der Waals surface area (Å²) in [5.41, 5.74) is -0.159. The standard InChI is InChI=1S/C79H115N9O24/c1-77(2,3)110-68(95)37-34-63(90)86-60(74(101)83-44-71(98)106-48-55-25-13-10-14-26-55)31-19-22-40-80-43-58(47-89)109-59(51-104-53-66(93)81-41-23-20-32-61(87-64(91)35-38-69(96)111-78(4,5)6)75(102)84-45-72(99)107-49-56-27-15-11-16-28-56)52-105-54-67(94)82-42-24-21-33-62(88-65(92)36-39-70(97)112-79(7,8)9)76(103)85-46-73(100)108-50-57-29-17-12-18-30-57/h10-18,25-30,47,58-62,80H,19-24,31-46,48-54H2,1-9H3,(H,81,93)(H,82,94)(H,83,101)(H,84,102)(H,85,103)(H,86,90)(H,87,91)(H,88,92). The summed E-state index contributed by atoms with van der Waals surface area (Å²) in [6.07, 6.45) is -1.15. The van der Waals surface area contributed by atoms with Gasteiger partial charge in [0.1, 0.15) is 106 Å². The quantitative estimate of drug-likeness (QED) is 0.0168. The number of hydrogen-bond acceptors (Lipinski definition) is 25. The predicted molar refractivity (Wildman–Crippen MR) is 406 cm³/mol. The van der Waals surface area contributed by atoms with Gasteiger partial charge in [-0.3, -0.25) is 67.1 Å². The topological polar surface area (TPSA) is 447 Å². The van der Waals surface area contributed by atoms with Crippen molar-refractivity contribution in [2.45, 2.75) is 226 Å². The van der Waals surface area contributed by atoms with E-state index in [-0.39, 0.29) is 130 Å². The van der Waals surface area contributed by atoms with E-state index in [0.717, 1.165) is 16.7 Å². The second-order valence-corrected chi connectivity index (χ2v) is 29.1. The summed E-state index contributed by atoms with van der Waals surface area (Å²) in [4.78, 5) is 193. The maximum atomic E-state index is 13.4. The molecule has 620 valence electrons. The summed E-state index contributed by atoms with van der Waals surface area (Å²) >= 11 is 0. The number of esters is 6. The molecule has 0 fully saturated rings. The summed E-state index contributed by atoms with van der Waals surface area (Å²) in [6.45, 7) is 12.3. The molecule has 0 spiro atoms. The Morgan fingerprint density at radius 1 is 0.366 bits per heavy atom. The maximum Gasteiger partial charge on any atom is 0.325 e. The van der Waals surface area contributed by atoms with Gasteiger partial charge in [-0.1, -0.05) is 91.0 Å². The Labute approximate surface area is 654 Å². The van der Waals surface area contributed by atoms with Crippen LogP contribution in [0, 0.1) is 0 Å². The summed E-state index contributed by atoms with van der Waals surface area (Å²) in [7, 11) is 0. The number of benzene rings is 3. The first kappa shape index (κ1) is 96.0. The average molecular weight is 1570 g/mol. The molecule has 0 heterocycles. The molecule has 0 aliphatic heterocycles. The highest BCUT2D eigenvalue weighted by Gasteiger charge is 2.28. The van der Waals surface area contributed by atoms with Crippen LogP contribution in [0.1, 0.15) is 175 Å². The molecule has 0 aromatic heterocycles. The summed E-state index contributed by atoms with van der Waals surface area (Å²) < 4.78 is 49.2. The van der Waals surface area contributed by atoms with Crippen LogP contribution < -0.4 is 47.9 Å². The Hall–Kier alpha value is -10.3. The lowest BCUT2D eigenvalue weighted by Gasteiger charge is -2.22. The van der Waals surface area contributed by atoms with Gasteiger partial charge in [0, 0.05) is 38.9 Å². The molecule has 3 aromatic rings. The zero-order valence-electron chi connectivity index (χ0n) is 65.9. The predicted octanol–water partition coefficient (Wildman–Crippen LogP) is 3.70. The van der Waals surface area contributed by atoms with E-state index in [1.54, 1.807) is 147 Å². The normalized spacial score (nSPS) is 12.6. The number of unbranched alkanes of at least 4 members (excludes halogenated alkanes) is 3. The molecule has 0 saturated carbocycles. The summed E-state index contributed by atoms with van der Waals surface area (Å²) in [5.74, 6) is -9.03. The second kappa shape index (κ2) is 53.6. The first-order valence-electron chi connectivity index (χ1n) is 37.6. The number of carbonyl (C=O) groups excluding carboxylic acids is 15. The Morgan fingerprint density at radius 3 is 0.964 bits per heavy atom. The van der Waals surface area contributed by atoms with Crippen LogP contribution in [0.2, 0.25) is 0 Å². The molecule has 8 amide bonds. The van der Waals surface area contributed by atoms with Gasteiger partial charge in [0.05, 0.1) is 32.5 Å². The number of carbonyl (C=O) groups is 15. The van der Waals surface area contributed by atoms with Crippen molar-refractivity contribution in [2.24, 2.45) is 0 Å². The number of hydrogen-bond donors (Lipinski definition) is 9. The van der Waals surface area contributed by atoms with Crippen molar-refractivity contribution in [2.75, 3.05) is 72.2 Å². The highest BCUT2D eigenvalue weighted by molar-refractivity contribution is 5.92. The van der Waals surface area contributed by atoms with Gasteiger partial charge in [-0.05, 0) is 143 Å². The largest absolute Gasteiger partial charge is 0.460 e. The van der Waals surface area contributed by atoms with Gasteiger partial charge < -0.3 is 95.3 Å². The molecular formula is C79H115N9O24. The zero-order chi connectivity index (χ0) is 82.7. The molecule has 3 aromatic carbocycles. The molecular weight excluding hydrogens is 1460 g/mol. The lowest BCUT2D eigenvalue weighted by molar-refractivity contribution is -0.156. The lowest BCUT2D eigenvalue weighted by atomic mass is 10.1. The van der Waals surface area contributed by atoms with Gasteiger partial charge in [0.15, 0.2) is 0 Å². The van der Waals surface area contributed by atoms with Crippen LogP contribution in [0.15, 0.2) is 91.0 Å². The minimum Gasteiger partial charge on any atom is -0.460 e. The second-order valence-electron chi connectivity index (χ2n) is 29.1. The monoisotopic (exact) mass is 1570 g/mol. The van der Waals surface area contributed by atoms with E-state index in [0.29, 0.717) is 32.0 Å². The summed E-state index contributed by atoms with van der Waals surface area (Å²) in [6, 6.07) is 23.3. The molecule has 3 rings (SSSR count). The number of aldehydes is 1. The van der Waals surface area contributed by atoms with Crippen LogP contribution in [-0.4, -0.2) is 209 Å². The van der Waals surface area contributed by atoms with Gasteiger partial charge >= 0.3 is 35.8 Å². The molecule has 33 nitrogen and oxygen atoms in total. The zero-order valence-corrected chi connectivity index (χ0v) is 65.9. The molecule has 4 atom stereocenters. The van der Waals surface area contributed by atoms with Crippen molar-refractivity contribution in [3.05, 3.63) is 108 Å². The Kier molecular flexibility index (Phi) is 45.9. The van der Waals surface area contributed by atoms with Crippen molar-refractivity contribution in [3.63, 3.8) is 0 Å². The lowest BCUT2D eigenvalue weighted by Crippen LogP contribution is -2.48. The maximum absolute atomic E-state index is 13.4. The van der Waals surface area contributed by atoms with Gasteiger partial charge in [-0.15, -0.1) is 0 Å². The molecule has 0 radical (unpaired) electrons. The smallest absolute Gasteiger partial charge is 0.325 e. The Morgan fingerprint density at radius 2 is 0.670 bits per heavy atom. The fraction of sp³-hybridized carbons (Fsp3) is 0.582. The number of nitrogens with one attached hydrogen (secondary N) is 9. The first-order chi connectivity index (χ1) is 53.1. The SMILES string of the molecule is CC(C)(C)OC(=O)CCC(=O)NC(CCCCNCC(C=O)OC(COCC(=O)NCCCCC(NC(=O)CCC(=O)OC(C)(C)C)C(=O)NCC(=O)OCc1ccccc1)COCC(=O)NCCCCC(NC(=O)CCC(=O)OC(C)(C)C)C(=O)NCC(=O)OCc1ccccc1)C(=O)NCC(=O)OCc1ccccc1. The van der Waals surface area contributed by atoms with E-state index in [1.165, 1.54) is 0 Å². The Bertz CT molecular complexity index is 3290. The van der Waals surface area contributed by atoms with E-state index in [1.807, 2.05) is 6.07 Å². The molecule has 112 heavy (non-hydrogen) atoms. The van der Waals surface area contributed by atoms with Crippen LogP contribution in [0.5, 0.6) is 0 Å². The minimum atomic E-state index is -1.15. The molecule has 0 saturated heterocycles. The fourth-order valence-corrected chi connectivity index (χ4v) is 10.1. The van der Waals surface area contributed by atoms with Crippen molar-refractivity contribution in [3.8, 4) is 0 Å². The van der Waals surface area contributed by atoms with Gasteiger partial charge in [0.25, 0.3) is 0 Å². The van der Waals surface area contributed by atoms with Crippen LogP contribution in [0.3, 0.4) is 0 Å². The van der Waals surface area contributed by atoms with Gasteiger partial charge in [-0.2, -0.15) is 0 Å². The van der Waals surface area contributed by atoms with Crippen LogP contribution in [0.4, 0.5) is 0 Å². The first-order valence-corrected chi connectivity index (χ1v) is 37.6.